The van der Waals surface area contributed by atoms with E-state index in [0.29, 0.717) is 12.0 Å². The van der Waals surface area contributed by atoms with Crippen molar-refractivity contribution in [3.05, 3.63) is 35.4 Å². The summed E-state index contributed by atoms with van der Waals surface area (Å²) >= 11 is 0. The zero-order valence-electron chi connectivity index (χ0n) is 13.2. The Morgan fingerprint density at radius 3 is 2.55 bits per heavy atom. The summed E-state index contributed by atoms with van der Waals surface area (Å²) in [6.07, 6.45) is 2.79. The van der Waals surface area contributed by atoms with Crippen LogP contribution in [0, 0.1) is 0 Å². The first-order valence-corrected chi connectivity index (χ1v) is 8.22. The highest BCUT2D eigenvalue weighted by atomic mass is 15.3. The molecular formula is C18H28N2. The lowest BCUT2D eigenvalue weighted by Crippen LogP contribution is -2.55. The van der Waals surface area contributed by atoms with Crippen molar-refractivity contribution in [1.29, 1.82) is 0 Å². The maximum atomic E-state index is 2.70. The Bertz CT molecular complexity index is 437. The first-order chi connectivity index (χ1) is 9.65. The van der Waals surface area contributed by atoms with E-state index < -0.39 is 0 Å². The predicted octanol–water partition coefficient (Wildman–Crippen LogP) is 3.48. The third kappa shape index (κ3) is 2.77. The van der Waals surface area contributed by atoms with Gasteiger partial charge in [0.1, 0.15) is 0 Å². The molecule has 2 saturated heterocycles. The topological polar surface area (TPSA) is 6.48 Å². The molecule has 1 aromatic carbocycles. The van der Waals surface area contributed by atoms with E-state index in [2.05, 4.69) is 54.8 Å². The minimum absolute atomic E-state index is 0.630. The summed E-state index contributed by atoms with van der Waals surface area (Å²) in [5, 5.41) is 0. The SMILES string of the molecule is CC(C)c1ccc(CN2CCN3CCCC3C2C)cc1. The summed E-state index contributed by atoms with van der Waals surface area (Å²) in [7, 11) is 0. The van der Waals surface area contributed by atoms with Gasteiger partial charge in [-0.2, -0.15) is 0 Å². The Kier molecular flexibility index (Phi) is 4.13. The molecule has 0 aromatic heterocycles. The number of rotatable bonds is 3. The highest BCUT2D eigenvalue weighted by Crippen LogP contribution is 2.27. The van der Waals surface area contributed by atoms with Crippen LogP contribution >= 0.6 is 0 Å². The van der Waals surface area contributed by atoms with E-state index in [4.69, 9.17) is 0 Å². The fourth-order valence-corrected chi connectivity index (χ4v) is 3.85. The monoisotopic (exact) mass is 272 g/mol. The lowest BCUT2D eigenvalue weighted by atomic mass is 10.00. The molecule has 0 radical (unpaired) electrons. The fraction of sp³-hybridized carbons (Fsp3) is 0.667. The van der Waals surface area contributed by atoms with Gasteiger partial charge in [0.15, 0.2) is 0 Å². The Hall–Kier alpha value is -0.860. The molecule has 2 unspecified atom stereocenters. The second kappa shape index (κ2) is 5.87. The normalized spacial score (nSPS) is 28.0. The predicted molar refractivity (Wildman–Crippen MR) is 85.0 cm³/mol. The summed E-state index contributed by atoms with van der Waals surface area (Å²) in [4.78, 5) is 5.37. The Morgan fingerprint density at radius 1 is 1.10 bits per heavy atom. The first kappa shape index (κ1) is 14.1. The number of fused-ring (bicyclic) bond motifs is 1. The minimum atomic E-state index is 0.630. The van der Waals surface area contributed by atoms with Crippen LogP contribution in [0.5, 0.6) is 0 Å². The van der Waals surface area contributed by atoms with Gasteiger partial charge in [-0.05, 0) is 43.4 Å². The van der Waals surface area contributed by atoms with E-state index in [0.717, 1.165) is 12.6 Å². The van der Waals surface area contributed by atoms with E-state index >= 15 is 0 Å². The molecule has 3 rings (SSSR count). The van der Waals surface area contributed by atoms with E-state index in [1.165, 1.54) is 43.6 Å². The molecule has 2 atom stereocenters. The molecule has 0 N–H and O–H groups in total. The summed E-state index contributed by atoms with van der Waals surface area (Å²) in [5.41, 5.74) is 2.91. The molecule has 0 amide bonds. The second-order valence-corrected chi connectivity index (χ2v) is 6.85. The molecule has 2 fully saturated rings. The zero-order chi connectivity index (χ0) is 14.1. The van der Waals surface area contributed by atoms with Crippen molar-refractivity contribution in [2.45, 2.75) is 58.2 Å². The Labute approximate surface area is 123 Å². The highest BCUT2D eigenvalue weighted by molar-refractivity contribution is 5.24. The van der Waals surface area contributed by atoms with Gasteiger partial charge >= 0.3 is 0 Å². The van der Waals surface area contributed by atoms with Crippen LogP contribution in [0.3, 0.4) is 0 Å². The molecule has 2 aliphatic rings. The van der Waals surface area contributed by atoms with Crippen LogP contribution in [-0.4, -0.2) is 41.5 Å². The van der Waals surface area contributed by atoms with Crippen molar-refractivity contribution in [1.82, 2.24) is 9.80 Å². The average Bonchev–Trinajstić information content (AvgIpc) is 2.92. The molecule has 0 spiro atoms. The molecule has 2 aliphatic heterocycles. The second-order valence-electron chi connectivity index (χ2n) is 6.85. The molecule has 0 saturated carbocycles. The van der Waals surface area contributed by atoms with Crippen LogP contribution < -0.4 is 0 Å². The van der Waals surface area contributed by atoms with Crippen molar-refractivity contribution in [3.63, 3.8) is 0 Å². The third-order valence-corrected chi connectivity index (χ3v) is 5.25. The van der Waals surface area contributed by atoms with Crippen LogP contribution in [0.4, 0.5) is 0 Å². The van der Waals surface area contributed by atoms with Crippen molar-refractivity contribution in [2.75, 3.05) is 19.6 Å². The summed E-state index contributed by atoms with van der Waals surface area (Å²) < 4.78 is 0. The molecule has 0 bridgehead atoms. The van der Waals surface area contributed by atoms with Gasteiger partial charge in [0.2, 0.25) is 0 Å². The number of nitrogens with zero attached hydrogens (tertiary/aromatic N) is 2. The van der Waals surface area contributed by atoms with Crippen LogP contribution in [0.2, 0.25) is 0 Å². The smallest absolute Gasteiger partial charge is 0.0250 e. The van der Waals surface area contributed by atoms with Gasteiger partial charge in [-0.15, -0.1) is 0 Å². The maximum Gasteiger partial charge on any atom is 0.0250 e. The average molecular weight is 272 g/mol. The van der Waals surface area contributed by atoms with E-state index in [9.17, 15) is 0 Å². The number of hydrogen-bond donors (Lipinski definition) is 0. The van der Waals surface area contributed by atoms with Crippen LogP contribution in [0.15, 0.2) is 24.3 Å². The standard InChI is InChI=1S/C18H28N2/c1-14(2)17-8-6-16(7-9-17)13-20-12-11-19-10-4-5-18(19)15(20)3/h6-9,14-15,18H,4-5,10-13H2,1-3H3. The molecule has 1 aromatic rings. The Balaban J connectivity index is 1.65. The third-order valence-electron chi connectivity index (χ3n) is 5.25. The Morgan fingerprint density at radius 2 is 1.85 bits per heavy atom. The number of piperazine rings is 1. The van der Waals surface area contributed by atoms with Crippen LogP contribution in [-0.2, 0) is 6.54 Å². The van der Waals surface area contributed by atoms with Crippen molar-refractivity contribution >= 4 is 0 Å². The van der Waals surface area contributed by atoms with Gasteiger partial charge in [0.05, 0.1) is 0 Å². The summed E-state index contributed by atoms with van der Waals surface area (Å²) in [6.45, 7) is 11.9. The molecular weight excluding hydrogens is 244 g/mol. The lowest BCUT2D eigenvalue weighted by molar-refractivity contribution is 0.0470. The largest absolute Gasteiger partial charge is 0.298 e. The van der Waals surface area contributed by atoms with Gasteiger partial charge in [-0.25, -0.2) is 0 Å². The van der Waals surface area contributed by atoms with E-state index in [-0.39, 0.29) is 0 Å². The maximum absolute atomic E-state index is 2.70. The van der Waals surface area contributed by atoms with Gasteiger partial charge in [-0.1, -0.05) is 38.1 Å². The van der Waals surface area contributed by atoms with Crippen molar-refractivity contribution in [3.8, 4) is 0 Å². The van der Waals surface area contributed by atoms with Crippen LogP contribution in [0.1, 0.15) is 50.7 Å². The lowest BCUT2D eigenvalue weighted by Gasteiger charge is -2.43. The molecule has 20 heavy (non-hydrogen) atoms. The summed E-state index contributed by atoms with van der Waals surface area (Å²) in [6, 6.07) is 10.8. The molecule has 110 valence electrons. The van der Waals surface area contributed by atoms with Gasteiger partial charge in [-0.3, -0.25) is 9.80 Å². The highest BCUT2D eigenvalue weighted by Gasteiger charge is 2.36. The number of benzene rings is 1. The minimum Gasteiger partial charge on any atom is -0.298 e. The fourth-order valence-electron chi connectivity index (χ4n) is 3.85. The quantitative estimate of drug-likeness (QED) is 0.831. The van der Waals surface area contributed by atoms with E-state index in [1.54, 1.807) is 0 Å². The molecule has 2 nitrogen and oxygen atoms in total. The summed E-state index contributed by atoms with van der Waals surface area (Å²) in [5.74, 6) is 0.630. The van der Waals surface area contributed by atoms with Crippen molar-refractivity contribution in [2.24, 2.45) is 0 Å². The van der Waals surface area contributed by atoms with Gasteiger partial charge in [0, 0.05) is 31.7 Å². The molecule has 2 heteroatoms. The molecule has 0 aliphatic carbocycles. The van der Waals surface area contributed by atoms with Gasteiger partial charge in [0.25, 0.3) is 0 Å². The zero-order valence-corrected chi connectivity index (χ0v) is 13.2. The first-order valence-electron chi connectivity index (χ1n) is 8.22. The van der Waals surface area contributed by atoms with Gasteiger partial charge < -0.3 is 0 Å². The van der Waals surface area contributed by atoms with Crippen molar-refractivity contribution < 1.29 is 0 Å². The van der Waals surface area contributed by atoms with E-state index in [1.807, 2.05) is 0 Å². The molecule has 2 heterocycles. The number of hydrogen-bond acceptors (Lipinski definition) is 2. The van der Waals surface area contributed by atoms with Crippen LogP contribution in [0.25, 0.3) is 0 Å².